The van der Waals surface area contributed by atoms with Crippen LogP contribution in [0.4, 0.5) is 0 Å². The number of nitrogens with zero attached hydrogens (tertiary/aromatic N) is 1. The Labute approximate surface area is 141 Å². The summed E-state index contributed by atoms with van der Waals surface area (Å²) in [6.45, 7) is 2.80. The van der Waals surface area contributed by atoms with Crippen LogP contribution in [0.15, 0.2) is 34.2 Å². The summed E-state index contributed by atoms with van der Waals surface area (Å²) >= 11 is 1.44. The van der Waals surface area contributed by atoms with E-state index in [1.165, 1.54) is 24.6 Å². The number of amides is 1. The van der Waals surface area contributed by atoms with Crippen molar-refractivity contribution in [3.05, 3.63) is 34.7 Å². The van der Waals surface area contributed by atoms with Crippen molar-refractivity contribution in [1.82, 2.24) is 5.32 Å². The zero-order valence-electron chi connectivity index (χ0n) is 13.4. The van der Waals surface area contributed by atoms with Crippen LogP contribution in [-0.4, -0.2) is 23.7 Å². The minimum Gasteiger partial charge on any atom is -0.494 e. The fraction of sp³-hybridized carbons (Fsp3) is 0.444. The maximum atomic E-state index is 12.1. The quantitative estimate of drug-likeness (QED) is 0.831. The fourth-order valence-electron chi connectivity index (χ4n) is 2.72. The van der Waals surface area contributed by atoms with Crippen molar-refractivity contribution in [1.29, 1.82) is 0 Å². The van der Waals surface area contributed by atoms with Crippen LogP contribution < -0.4 is 10.1 Å². The average Bonchev–Trinajstić information content (AvgIpc) is 3.17. The number of nitrogens with one attached hydrogen (secondary N) is 1. The zero-order valence-corrected chi connectivity index (χ0v) is 14.2. The van der Waals surface area contributed by atoms with E-state index in [4.69, 9.17) is 4.74 Å². The van der Waals surface area contributed by atoms with E-state index in [0.29, 0.717) is 10.9 Å². The van der Waals surface area contributed by atoms with Gasteiger partial charge in [-0.1, -0.05) is 31.9 Å². The van der Waals surface area contributed by atoms with Crippen LogP contribution in [-0.2, 0) is 4.79 Å². The largest absolute Gasteiger partial charge is 0.494 e. The molecule has 1 saturated carbocycles. The molecule has 0 bridgehead atoms. The van der Waals surface area contributed by atoms with Crippen LogP contribution in [0.5, 0.6) is 5.75 Å². The smallest absolute Gasteiger partial charge is 0.264 e. The number of carbonyl (C=O) groups is 1. The fourth-order valence-corrected chi connectivity index (χ4v) is 3.61. The SMILES string of the molecule is CCCOc1ccc(/C=C2\SC(=NC3CCCC3)NC2=O)cc1. The molecule has 1 aliphatic carbocycles. The molecule has 23 heavy (non-hydrogen) atoms. The Hall–Kier alpha value is -1.75. The molecule has 0 radical (unpaired) electrons. The highest BCUT2D eigenvalue weighted by Crippen LogP contribution is 2.29. The van der Waals surface area contributed by atoms with E-state index < -0.39 is 0 Å². The Balaban J connectivity index is 1.66. The van der Waals surface area contributed by atoms with Gasteiger partial charge in [0.05, 0.1) is 17.6 Å². The van der Waals surface area contributed by atoms with Gasteiger partial charge < -0.3 is 10.1 Å². The van der Waals surface area contributed by atoms with E-state index in [1.807, 2.05) is 30.3 Å². The molecule has 1 N–H and O–H groups in total. The topological polar surface area (TPSA) is 50.7 Å². The van der Waals surface area contributed by atoms with Crippen molar-refractivity contribution in [2.75, 3.05) is 6.61 Å². The third-order valence-electron chi connectivity index (χ3n) is 3.93. The molecule has 1 heterocycles. The molecule has 0 spiro atoms. The summed E-state index contributed by atoms with van der Waals surface area (Å²) in [5.41, 5.74) is 0.994. The summed E-state index contributed by atoms with van der Waals surface area (Å²) in [6, 6.07) is 8.20. The monoisotopic (exact) mass is 330 g/mol. The van der Waals surface area contributed by atoms with Gasteiger partial charge in [0.25, 0.3) is 5.91 Å². The summed E-state index contributed by atoms with van der Waals surface area (Å²) in [4.78, 5) is 17.4. The third-order valence-corrected chi connectivity index (χ3v) is 4.85. The first-order chi connectivity index (χ1) is 11.2. The Morgan fingerprint density at radius 1 is 1.30 bits per heavy atom. The minimum absolute atomic E-state index is 0.0574. The predicted octanol–water partition coefficient (Wildman–Crippen LogP) is 3.98. The zero-order chi connectivity index (χ0) is 16.1. The van der Waals surface area contributed by atoms with Crippen LogP contribution >= 0.6 is 11.8 Å². The van der Waals surface area contributed by atoms with Crippen molar-refractivity contribution in [2.24, 2.45) is 4.99 Å². The lowest BCUT2D eigenvalue weighted by Gasteiger charge is -2.04. The van der Waals surface area contributed by atoms with E-state index in [2.05, 4.69) is 17.2 Å². The Kier molecular flexibility index (Phi) is 5.39. The molecule has 2 fully saturated rings. The summed E-state index contributed by atoms with van der Waals surface area (Å²) in [5, 5.41) is 3.62. The van der Waals surface area contributed by atoms with Crippen molar-refractivity contribution in [3.63, 3.8) is 0 Å². The first kappa shape index (κ1) is 16.1. The highest BCUT2D eigenvalue weighted by Gasteiger charge is 2.25. The van der Waals surface area contributed by atoms with Crippen molar-refractivity contribution < 1.29 is 9.53 Å². The van der Waals surface area contributed by atoms with Gasteiger partial charge >= 0.3 is 0 Å². The number of ether oxygens (including phenoxy) is 1. The highest BCUT2D eigenvalue weighted by molar-refractivity contribution is 8.18. The molecule has 1 aromatic carbocycles. The second-order valence-corrected chi connectivity index (χ2v) is 6.89. The lowest BCUT2D eigenvalue weighted by atomic mass is 10.2. The average molecular weight is 330 g/mol. The molecule has 4 nitrogen and oxygen atoms in total. The number of carbonyl (C=O) groups excluding carboxylic acids is 1. The molecule has 5 heteroatoms. The van der Waals surface area contributed by atoms with Gasteiger partial charge in [0, 0.05) is 0 Å². The first-order valence-corrected chi connectivity index (χ1v) is 9.08. The van der Waals surface area contributed by atoms with Gasteiger partial charge in [-0.05, 0) is 54.8 Å². The maximum absolute atomic E-state index is 12.1. The Bertz CT molecular complexity index is 616. The van der Waals surface area contributed by atoms with Crippen molar-refractivity contribution >= 4 is 28.9 Å². The van der Waals surface area contributed by atoms with Crippen LogP contribution in [0.3, 0.4) is 0 Å². The van der Waals surface area contributed by atoms with Crippen LogP contribution in [0.2, 0.25) is 0 Å². The summed E-state index contributed by atoms with van der Waals surface area (Å²) in [5.74, 6) is 0.805. The highest BCUT2D eigenvalue weighted by atomic mass is 32.2. The Morgan fingerprint density at radius 2 is 2.04 bits per heavy atom. The molecule has 0 unspecified atom stereocenters. The lowest BCUT2D eigenvalue weighted by Crippen LogP contribution is -2.21. The van der Waals surface area contributed by atoms with Crippen LogP contribution in [0.1, 0.15) is 44.6 Å². The van der Waals surface area contributed by atoms with E-state index in [1.54, 1.807) is 0 Å². The molecular weight excluding hydrogens is 308 g/mol. The van der Waals surface area contributed by atoms with Gasteiger partial charge in [-0.25, -0.2) is 0 Å². The van der Waals surface area contributed by atoms with E-state index in [-0.39, 0.29) is 5.91 Å². The number of thioether (sulfide) groups is 1. The van der Waals surface area contributed by atoms with E-state index in [9.17, 15) is 4.79 Å². The molecule has 3 rings (SSSR count). The third kappa shape index (κ3) is 4.38. The minimum atomic E-state index is -0.0574. The lowest BCUT2D eigenvalue weighted by molar-refractivity contribution is -0.115. The van der Waals surface area contributed by atoms with E-state index >= 15 is 0 Å². The molecule has 1 amide bonds. The van der Waals surface area contributed by atoms with Crippen molar-refractivity contribution in [3.8, 4) is 5.75 Å². The van der Waals surface area contributed by atoms with E-state index in [0.717, 1.165) is 42.3 Å². The van der Waals surface area contributed by atoms with Gasteiger partial charge in [-0.3, -0.25) is 9.79 Å². The standard InChI is InChI=1S/C18H22N2O2S/c1-2-11-22-15-9-7-13(8-10-15)12-16-17(21)20-18(23-16)19-14-5-3-4-6-14/h7-10,12,14H,2-6,11H2,1H3,(H,19,20,21)/b16-12-. The molecule has 0 atom stereocenters. The van der Waals surface area contributed by atoms with Crippen molar-refractivity contribution in [2.45, 2.75) is 45.1 Å². The Morgan fingerprint density at radius 3 is 2.74 bits per heavy atom. The second-order valence-electron chi connectivity index (χ2n) is 5.85. The number of hydrogen-bond acceptors (Lipinski definition) is 4. The molecule has 1 aliphatic heterocycles. The number of benzene rings is 1. The van der Waals surface area contributed by atoms with Crippen LogP contribution in [0.25, 0.3) is 6.08 Å². The number of rotatable bonds is 5. The summed E-state index contributed by atoms with van der Waals surface area (Å²) < 4.78 is 5.57. The number of aliphatic imine (C=N–C) groups is 1. The maximum Gasteiger partial charge on any atom is 0.264 e. The normalized spacial score (nSPS) is 22.0. The number of hydrogen-bond donors (Lipinski definition) is 1. The molecule has 122 valence electrons. The van der Waals surface area contributed by atoms with Crippen LogP contribution in [0, 0.1) is 0 Å². The molecule has 1 aromatic rings. The molecule has 0 aromatic heterocycles. The van der Waals surface area contributed by atoms with Gasteiger partial charge in [0.15, 0.2) is 5.17 Å². The molecule has 2 aliphatic rings. The van der Waals surface area contributed by atoms with Gasteiger partial charge in [-0.2, -0.15) is 0 Å². The number of amidine groups is 1. The summed E-state index contributed by atoms with van der Waals surface area (Å²) in [7, 11) is 0. The second kappa shape index (κ2) is 7.68. The molecular formula is C18H22N2O2S. The summed E-state index contributed by atoms with van der Waals surface area (Å²) in [6.07, 6.45) is 7.66. The van der Waals surface area contributed by atoms with Gasteiger partial charge in [0.2, 0.25) is 0 Å². The van der Waals surface area contributed by atoms with Gasteiger partial charge in [-0.15, -0.1) is 0 Å². The first-order valence-electron chi connectivity index (χ1n) is 8.26. The molecule has 1 saturated heterocycles. The van der Waals surface area contributed by atoms with Gasteiger partial charge in [0.1, 0.15) is 5.75 Å². The predicted molar refractivity (Wildman–Crippen MR) is 95.6 cm³/mol.